The monoisotopic (exact) mass is 269 g/mol. The highest BCUT2D eigenvalue weighted by Crippen LogP contribution is 2.49. The van der Waals surface area contributed by atoms with Gasteiger partial charge in [0.15, 0.2) is 0 Å². The first kappa shape index (κ1) is 14.2. The molecule has 0 N–H and O–H groups in total. The quantitative estimate of drug-likeness (QED) is 0.685. The molecule has 0 aromatic carbocycles. The first-order valence-corrected chi connectivity index (χ1v) is 6.85. The third-order valence-electron chi connectivity index (χ3n) is 4.11. The Morgan fingerprint density at radius 3 is 2.58 bits per heavy atom. The van der Waals surface area contributed by atoms with Gasteiger partial charge in [0, 0.05) is 13.1 Å². The third kappa shape index (κ3) is 2.55. The van der Waals surface area contributed by atoms with Crippen LogP contribution >= 0.6 is 0 Å². The first-order valence-electron chi connectivity index (χ1n) is 6.85. The summed E-state index contributed by atoms with van der Waals surface area (Å²) in [5, 5.41) is 0. The van der Waals surface area contributed by atoms with Crippen molar-refractivity contribution in [2.75, 3.05) is 20.2 Å². The molecule has 1 aliphatic carbocycles. The van der Waals surface area contributed by atoms with E-state index in [4.69, 9.17) is 9.47 Å². The molecule has 5 nitrogen and oxygen atoms in total. The summed E-state index contributed by atoms with van der Waals surface area (Å²) in [5.74, 6) is 0.0357. The van der Waals surface area contributed by atoms with E-state index in [-0.39, 0.29) is 18.0 Å². The molecule has 1 saturated carbocycles. The molecule has 1 aliphatic heterocycles. The van der Waals surface area contributed by atoms with Crippen LogP contribution in [0.2, 0.25) is 0 Å². The number of carbonyl (C=O) groups is 2. The lowest BCUT2D eigenvalue weighted by molar-refractivity contribution is -0.153. The Bertz CT molecular complexity index is 387. The van der Waals surface area contributed by atoms with Gasteiger partial charge in [0.25, 0.3) is 0 Å². The molecule has 0 bridgehead atoms. The Morgan fingerprint density at radius 1 is 1.32 bits per heavy atom. The predicted octanol–water partition coefficient (Wildman–Crippen LogP) is 2.20. The minimum absolute atomic E-state index is 0.180. The molecule has 108 valence electrons. The highest BCUT2D eigenvalue weighted by atomic mass is 16.6. The van der Waals surface area contributed by atoms with E-state index in [2.05, 4.69) is 0 Å². The van der Waals surface area contributed by atoms with Crippen molar-refractivity contribution >= 4 is 12.1 Å². The van der Waals surface area contributed by atoms with Crippen molar-refractivity contribution in [2.24, 2.45) is 11.3 Å². The van der Waals surface area contributed by atoms with E-state index >= 15 is 0 Å². The molecule has 2 rings (SSSR count). The summed E-state index contributed by atoms with van der Waals surface area (Å²) in [6.07, 6.45) is 2.49. The maximum atomic E-state index is 12.1. The molecule has 5 heteroatoms. The molecule has 2 aliphatic rings. The second kappa shape index (κ2) is 4.69. The molecule has 0 radical (unpaired) electrons. The van der Waals surface area contributed by atoms with Gasteiger partial charge in [-0.1, -0.05) is 6.42 Å². The van der Waals surface area contributed by atoms with Crippen LogP contribution in [0.15, 0.2) is 0 Å². The van der Waals surface area contributed by atoms with Gasteiger partial charge in [-0.2, -0.15) is 0 Å². The van der Waals surface area contributed by atoms with Gasteiger partial charge in [0.2, 0.25) is 0 Å². The highest BCUT2D eigenvalue weighted by Gasteiger charge is 2.56. The fraction of sp³-hybridized carbons (Fsp3) is 0.857. The number of amides is 1. The number of carbonyl (C=O) groups excluding carboxylic acids is 2. The summed E-state index contributed by atoms with van der Waals surface area (Å²) in [5.41, 5.74) is -1.00. The number of nitrogens with zero attached hydrogens (tertiary/aromatic N) is 1. The highest BCUT2D eigenvalue weighted by molar-refractivity contribution is 5.80. The van der Waals surface area contributed by atoms with Crippen LogP contribution in [-0.4, -0.2) is 42.8 Å². The predicted molar refractivity (Wildman–Crippen MR) is 69.6 cm³/mol. The zero-order valence-corrected chi connectivity index (χ0v) is 12.2. The maximum Gasteiger partial charge on any atom is 0.410 e. The molecule has 0 aromatic rings. The van der Waals surface area contributed by atoms with Gasteiger partial charge in [-0.05, 0) is 39.5 Å². The van der Waals surface area contributed by atoms with Crippen molar-refractivity contribution in [1.82, 2.24) is 4.90 Å². The van der Waals surface area contributed by atoms with E-state index in [0.29, 0.717) is 13.1 Å². The van der Waals surface area contributed by atoms with Crippen LogP contribution in [0.25, 0.3) is 0 Å². The van der Waals surface area contributed by atoms with Crippen LogP contribution in [0.5, 0.6) is 0 Å². The number of esters is 1. The molecule has 2 fully saturated rings. The fourth-order valence-electron chi connectivity index (χ4n) is 3.29. The van der Waals surface area contributed by atoms with E-state index in [9.17, 15) is 9.59 Å². The Hall–Kier alpha value is -1.26. The zero-order valence-electron chi connectivity index (χ0n) is 12.2. The number of fused-ring (bicyclic) bond motifs is 1. The molecule has 1 heterocycles. The smallest absolute Gasteiger partial charge is 0.410 e. The Balaban J connectivity index is 2.09. The number of rotatable bonds is 1. The Labute approximate surface area is 114 Å². The standard InChI is InChI=1S/C14H23NO4/c1-13(2,3)19-12(17)15-8-10-6-5-7-14(10,9-15)11(16)18-4/h10H,5-9H2,1-4H3/t10-,14-/m0/s1. The van der Waals surface area contributed by atoms with Crippen molar-refractivity contribution < 1.29 is 19.1 Å². The molecule has 1 amide bonds. The first-order chi connectivity index (χ1) is 8.78. The minimum atomic E-state index is -0.507. The minimum Gasteiger partial charge on any atom is -0.469 e. The van der Waals surface area contributed by atoms with Crippen molar-refractivity contribution in [3.63, 3.8) is 0 Å². The number of hydrogen-bond donors (Lipinski definition) is 0. The van der Waals surface area contributed by atoms with Gasteiger partial charge < -0.3 is 14.4 Å². The van der Waals surface area contributed by atoms with E-state index in [0.717, 1.165) is 19.3 Å². The number of methoxy groups -OCH3 is 1. The summed E-state index contributed by atoms with van der Waals surface area (Å²) < 4.78 is 10.3. The normalized spacial score (nSPS) is 30.1. The summed E-state index contributed by atoms with van der Waals surface area (Å²) in [6.45, 7) is 6.57. The van der Waals surface area contributed by atoms with E-state index in [1.165, 1.54) is 7.11 Å². The lowest BCUT2D eigenvalue weighted by atomic mass is 9.81. The largest absolute Gasteiger partial charge is 0.469 e. The molecule has 1 saturated heterocycles. The molecule has 0 spiro atoms. The Morgan fingerprint density at radius 2 is 2.00 bits per heavy atom. The van der Waals surface area contributed by atoms with Crippen LogP contribution in [0.4, 0.5) is 4.79 Å². The molecular formula is C14H23NO4. The van der Waals surface area contributed by atoms with Crippen molar-refractivity contribution in [3.05, 3.63) is 0 Å². The van der Waals surface area contributed by atoms with Gasteiger partial charge in [-0.25, -0.2) is 4.79 Å². The van der Waals surface area contributed by atoms with Crippen LogP contribution < -0.4 is 0 Å². The second-order valence-corrected chi connectivity index (χ2v) is 6.60. The van der Waals surface area contributed by atoms with Gasteiger partial charge in [0.05, 0.1) is 12.5 Å². The van der Waals surface area contributed by atoms with Gasteiger partial charge in [0.1, 0.15) is 5.60 Å². The molecule has 2 atom stereocenters. The molecular weight excluding hydrogens is 246 g/mol. The summed E-state index contributed by atoms with van der Waals surface area (Å²) in [4.78, 5) is 25.8. The summed E-state index contributed by atoms with van der Waals surface area (Å²) in [7, 11) is 1.42. The van der Waals surface area contributed by atoms with Crippen LogP contribution in [-0.2, 0) is 14.3 Å². The number of hydrogen-bond acceptors (Lipinski definition) is 4. The fourth-order valence-corrected chi connectivity index (χ4v) is 3.29. The average molecular weight is 269 g/mol. The van der Waals surface area contributed by atoms with E-state index in [1.807, 2.05) is 20.8 Å². The van der Waals surface area contributed by atoms with Crippen LogP contribution in [0, 0.1) is 11.3 Å². The van der Waals surface area contributed by atoms with E-state index < -0.39 is 11.0 Å². The van der Waals surface area contributed by atoms with Crippen molar-refractivity contribution in [1.29, 1.82) is 0 Å². The SMILES string of the molecule is COC(=O)[C@]12CCC[C@H]1CN(C(=O)OC(C)(C)C)C2. The average Bonchev–Trinajstić information content (AvgIpc) is 2.82. The zero-order chi connectivity index (χ0) is 14.3. The molecule has 0 aromatic heterocycles. The van der Waals surface area contributed by atoms with Crippen LogP contribution in [0.3, 0.4) is 0 Å². The molecule has 19 heavy (non-hydrogen) atoms. The Kier molecular flexibility index (Phi) is 3.49. The second-order valence-electron chi connectivity index (χ2n) is 6.60. The maximum absolute atomic E-state index is 12.1. The third-order valence-corrected chi connectivity index (χ3v) is 4.11. The van der Waals surface area contributed by atoms with Crippen molar-refractivity contribution in [3.8, 4) is 0 Å². The van der Waals surface area contributed by atoms with Crippen molar-refractivity contribution in [2.45, 2.75) is 45.6 Å². The van der Waals surface area contributed by atoms with Crippen LogP contribution in [0.1, 0.15) is 40.0 Å². The van der Waals surface area contributed by atoms with E-state index in [1.54, 1.807) is 4.90 Å². The van der Waals surface area contributed by atoms with Gasteiger partial charge >= 0.3 is 12.1 Å². The lowest BCUT2D eigenvalue weighted by Gasteiger charge is -2.27. The number of ether oxygens (including phenoxy) is 2. The topological polar surface area (TPSA) is 55.8 Å². The van der Waals surface area contributed by atoms with Gasteiger partial charge in [-0.15, -0.1) is 0 Å². The van der Waals surface area contributed by atoms with Gasteiger partial charge in [-0.3, -0.25) is 4.79 Å². The molecule has 0 unspecified atom stereocenters. The summed E-state index contributed by atoms with van der Waals surface area (Å²) >= 11 is 0. The lowest BCUT2D eigenvalue weighted by Crippen LogP contribution is -2.40. The number of likely N-dealkylation sites (tertiary alicyclic amines) is 1. The summed E-state index contributed by atoms with van der Waals surface area (Å²) in [6, 6.07) is 0.